The van der Waals surface area contributed by atoms with Crippen molar-refractivity contribution in [1.29, 1.82) is 0 Å². The van der Waals surface area contributed by atoms with E-state index in [1.165, 1.54) is 12.1 Å². The van der Waals surface area contributed by atoms with Gasteiger partial charge in [0.25, 0.3) is 0 Å². The standard InChI is InChI=1S/C14H14BFO4/c1-19-12-4-6-13(7-5-12)20-9-10-2-3-11(15(17)18)8-14(10)16/h2-8,17-18H,9H2,1H3. The Hall–Kier alpha value is -2.05. The van der Waals surface area contributed by atoms with Gasteiger partial charge in [0.15, 0.2) is 0 Å². The minimum absolute atomic E-state index is 0.0555. The van der Waals surface area contributed by atoms with Crippen LogP contribution in [0.4, 0.5) is 4.39 Å². The zero-order valence-electron chi connectivity index (χ0n) is 10.9. The molecule has 0 fully saturated rings. The second kappa shape index (κ2) is 6.41. The molecule has 6 heteroatoms. The summed E-state index contributed by atoms with van der Waals surface area (Å²) in [5.41, 5.74) is 0.445. The Morgan fingerprint density at radius 3 is 2.25 bits per heavy atom. The maximum atomic E-state index is 13.7. The van der Waals surface area contributed by atoms with E-state index in [1.807, 2.05) is 0 Å². The minimum Gasteiger partial charge on any atom is -0.497 e. The first-order valence-electron chi connectivity index (χ1n) is 6.01. The summed E-state index contributed by atoms with van der Waals surface area (Å²) in [5, 5.41) is 17.9. The van der Waals surface area contributed by atoms with Gasteiger partial charge in [-0.2, -0.15) is 0 Å². The van der Waals surface area contributed by atoms with Crippen LogP contribution in [0.15, 0.2) is 42.5 Å². The molecule has 0 radical (unpaired) electrons. The van der Waals surface area contributed by atoms with Gasteiger partial charge in [-0.15, -0.1) is 0 Å². The number of rotatable bonds is 5. The van der Waals surface area contributed by atoms with Crippen LogP contribution < -0.4 is 14.9 Å². The van der Waals surface area contributed by atoms with E-state index >= 15 is 0 Å². The van der Waals surface area contributed by atoms with Crippen molar-refractivity contribution in [3.05, 3.63) is 53.8 Å². The quantitative estimate of drug-likeness (QED) is 0.803. The number of halogens is 1. The van der Waals surface area contributed by atoms with E-state index in [2.05, 4.69) is 0 Å². The zero-order chi connectivity index (χ0) is 14.5. The summed E-state index contributed by atoms with van der Waals surface area (Å²) in [5.74, 6) is 0.769. The van der Waals surface area contributed by atoms with Gasteiger partial charge in [0, 0.05) is 5.56 Å². The monoisotopic (exact) mass is 276 g/mol. The second-order valence-corrected chi connectivity index (χ2v) is 4.19. The Balaban J connectivity index is 2.03. The summed E-state index contributed by atoms with van der Waals surface area (Å²) in [4.78, 5) is 0. The Kier molecular flexibility index (Phi) is 4.60. The van der Waals surface area contributed by atoms with Crippen LogP contribution in [0.3, 0.4) is 0 Å². The largest absolute Gasteiger partial charge is 0.497 e. The molecule has 104 valence electrons. The van der Waals surface area contributed by atoms with Gasteiger partial charge < -0.3 is 19.5 Å². The van der Waals surface area contributed by atoms with Gasteiger partial charge in [0.1, 0.15) is 23.9 Å². The summed E-state index contributed by atoms with van der Waals surface area (Å²) in [6.45, 7) is 0.0555. The van der Waals surface area contributed by atoms with E-state index < -0.39 is 12.9 Å². The van der Waals surface area contributed by atoms with Crippen molar-refractivity contribution in [2.45, 2.75) is 6.61 Å². The smallest absolute Gasteiger partial charge is 0.488 e. The van der Waals surface area contributed by atoms with Crippen LogP contribution in [0.25, 0.3) is 0 Å². The molecule has 2 aromatic carbocycles. The summed E-state index contributed by atoms with van der Waals surface area (Å²) >= 11 is 0. The molecule has 0 aromatic heterocycles. The lowest BCUT2D eigenvalue weighted by Crippen LogP contribution is -2.30. The van der Waals surface area contributed by atoms with Crippen LogP contribution in [-0.2, 0) is 6.61 Å². The van der Waals surface area contributed by atoms with Crippen molar-refractivity contribution in [2.75, 3.05) is 7.11 Å². The molecule has 0 saturated heterocycles. The second-order valence-electron chi connectivity index (χ2n) is 4.19. The third-order valence-corrected chi connectivity index (χ3v) is 2.83. The molecule has 0 aliphatic heterocycles. The number of benzene rings is 2. The zero-order valence-corrected chi connectivity index (χ0v) is 10.9. The maximum absolute atomic E-state index is 13.7. The van der Waals surface area contributed by atoms with Crippen molar-refractivity contribution in [1.82, 2.24) is 0 Å². The normalized spacial score (nSPS) is 10.2. The number of ether oxygens (including phenoxy) is 2. The lowest BCUT2D eigenvalue weighted by Gasteiger charge is -2.09. The van der Waals surface area contributed by atoms with Crippen LogP contribution in [0, 0.1) is 5.82 Å². The van der Waals surface area contributed by atoms with Gasteiger partial charge in [0.05, 0.1) is 7.11 Å². The van der Waals surface area contributed by atoms with Gasteiger partial charge in [-0.1, -0.05) is 12.1 Å². The first-order chi connectivity index (χ1) is 9.60. The third kappa shape index (κ3) is 3.49. The topological polar surface area (TPSA) is 58.9 Å². The Morgan fingerprint density at radius 1 is 1.05 bits per heavy atom. The predicted octanol–water partition coefficient (Wildman–Crippen LogP) is 1.09. The summed E-state index contributed by atoms with van der Waals surface area (Å²) < 4.78 is 24.2. The molecular formula is C14H14BFO4. The highest BCUT2D eigenvalue weighted by atomic mass is 19.1. The van der Waals surface area contributed by atoms with Crippen molar-refractivity contribution >= 4 is 12.6 Å². The fourth-order valence-electron chi connectivity index (χ4n) is 1.67. The molecule has 0 amide bonds. The molecular weight excluding hydrogens is 262 g/mol. The molecule has 0 aliphatic rings. The molecule has 2 N–H and O–H groups in total. The molecule has 0 saturated carbocycles. The molecule has 2 rings (SSSR count). The van der Waals surface area contributed by atoms with Crippen LogP contribution in [0.1, 0.15) is 5.56 Å². The third-order valence-electron chi connectivity index (χ3n) is 2.83. The van der Waals surface area contributed by atoms with E-state index in [0.717, 1.165) is 6.07 Å². The summed E-state index contributed by atoms with van der Waals surface area (Å²) in [6.07, 6.45) is 0. The van der Waals surface area contributed by atoms with Crippen LogP contribution in [0.2, 0.25) is 0 Å². The maximum Gasteiger partial charge on any atom is 0.488 e. The van der Waals surface area contributed by atoms with Gasteiger partial charge in [-0.25, -0.2) is 4.39 Å². The SMILES string of the molecule is COc1ccc(OCc2ccc(B(O)O)cc2F)cc1. The first kappa shape index (κ1) is 14.4. The summed E-state index contributed by atoms with van der Waals surface area (Å²) in [7, 11) is -0.108. The van der Waals surface area contributed by atoms with Crippen molar-refractivity contribution in [3.8, 4) is 11.5 Å². The lowest BCUT2D eigenvalue weighted by atomic mass is 9.80. The molecule has 0 atom stereocenters. The molecule has 0 bridgehead atoms. The van der Waals surface area contributed by atoms with Gasteiger partial charge in [-0.05, 0) is 35.8 Å². The van der Waals surface area contributed by atoms with E-state index in [0.29, 0.717) is 17.1 Å². The Morgan fingerprint density at radius 2 is 1.70 bits per heavy atom. The number of hydrogen-bond donors (Lipinski definition) is 2. The van der Waals surface area contributed by atoms with E-state index in [9.17, 15) is 4.39 Å². The average molecular weight is 276 g/mol. The fourth-order valence-corrected chi connectivity index (χ4v) is 1.67. The molecule has 2 aromatic rings. The highest BCUT2D eigenvalue weighted by Crippen LogP contribution is 2.18. The van der Waals surface area contributed by atoms with E-state index in [1.54, 1.807) is 31.4 Å². The van der Waals surface area contributed by atoms with Crippen molar-refractivity contribution in [3.63, 3.8) is 0 Å². The van der Waals surface area contributed by atoms with Crippen molar-refractivity contribution < 1.29 is 23.9 Å². The predicted molar refractivity (Wildman–Crippen MR) is 73.6 cm³/mol. The van der Waals surface area contributed by atoms with Crippen molar-refractivity contribution in [2.24, 2.45) is 0 Å². The van der Waals surface area contributed by atoms with E-state index in [-0.39, 0.29) is 12.1 Å². The highest BCUT2D eigenvalue weighted by molar-refractivity contribution is 6.58. The van der Waals surface area contributed by atoms with Gasteiger partial charge >= 0.3 is 7.12 Å². The Bertz CT molecular complexity index is 572. The minimum atomic E-state index is -1.68. The van der Waals surface area contributed by atoms with Gasteiger partial charge in [0.2, 0.25) is 0 Å². The molecule has 0 heterocycles. The first-order valence-corrected chi connectivity index (χ1v) is 6.01. The van der Waals surface area contributed by atoms with Crippen LogP contribution in [-0.4, -0.2) is 24.3 Å². The van der Waals surface area contributed by atoms with Gasteiger partial charge in [-0.3, -0.25) is 0 Å². The number of hydrogen-bond acceptors (Lipinski definition) is 4. The summed E-state index contributed by atoms with van der Waals surface area (Å²) in [6, 6.07) is 10.9. The highest BCUT2D eigenvalue weighted by Gasteiger charge is 2.13. The van der Waals surface area contributed by atoms with Crippen LogP contribution >= 0.6 is 0 Å². The molecule has 0 spiro atoms. The molecule has 0 unspecified atom stereocenters. The number of methoxy groups -OCH3 is 1. The molecule has 4 nitrogen and oxygen atoms in total. The Labute approximate surface area is 116 Å². The molecule has 0 aliphatic carbocycles. The lowest BCUT2D eigenvalue weighted by molar-refractivity contribution is 0.299. The van der Waals surface area contributed by atoms with Crippen LogP contribution in [0.5, 0.6) is 11.5 Å². The molecule has 20 heavy (non-hydrogen) atoms. The average Bonchev–Trinajstić information content (AvgIpc) is 2.46. The fraction of sp³-hybridized carbons (Fsp3) is 0.143. The van der Waals surface area contributed by atoms with E-state index in [4.69, 9.17) is 19.5 Å².